The second kappa shape index (κ2) is 10.6. The molecule has 7 heteroatoms. The molecule has 1 aliphatic heterocycles. The number of carbonyl (C=O) groups excluding carboxylic acids is 1. The molecule has 5 rings (SSSR count). The lowest BCUT2D eigenvalue weighted by Crippen LogP contribution is -2.12. The first-order valence-electron chi connectivity index (χ1n) is 11.8. The van der Waals surface area contributed by atoms with Crippen LogP contribution in [0.4, 0.5) is 5.69 Å². The summed E-state index contributed by atoms with van der Waals surface area (Å²) in [5.74, 6) is -0.740. The van der Waals surface area contributed by atoms with Crippen LogP contribution < -0.4 is 0 Å². The Morgan fingerprint density at radius 2 is 1.81 bits per heavy atom. The van der Waals surface area contributed by atoms with Crippen LogP contribution in [-0.2, 0) is 16.1 Å². The minimum absolute atomic E-state index is 0.0725. The number of benzene rings is 3. The van der Waals surface area contributed by atoms with E-state index in [9.17, 15) is 9.90 Å². The molecule has 0 radical (unpaired) electrons. The van der Waals surface area contributed by atoms with Crippen LogP contribution in [0.5, 0.6) is 0 Å². The van der Waals surface area contributed by atoms with Crippen LogP contribution in [0, 0.1) is 11.3 Å². The van der Waals surface area contributed by atoms with Crippen molar-refractivity contribution < 1.29 is 14.6 Å². The fourth-order valence-corrected chi connectivity index (χ4v) is 5.18. The van der Waals surface area contributed by atoms with E-state index in [-0.39, 0.29) is 17.9 Å². The Labute approximate surface area is 218 Å². The van der Waals surface area contributed by atoms with Gasteiger partial charge in [0, 0.05) is 29.2 Å². The van der Waals surface area contributed by atoms with E-state index in [1.165, 1.54) is 11.8 Å². The second-order valence-corrected chi connectivity index (χ2v) is 9.38. The number of carbonyl (C=O) groups is 1. The lowest BCUT2D eigenvalue weighted by molar-refractivity contribution is -0.138. The lowest BCUT2D eigenvalue weighted by atomic mass is 10.1. The molecule has 0 bridgehead atoms. The van der Waals surface area contributed by atoms with Crippen molar-refractivity contribution in [1.82, 2.24) is 4.57 Å². The standard InChI is InChI=1S/C30H23N3O3S/c1-2-36-30(35)27-28(34)26(37-29(27)32-23-8-4-3-5-9-23)16-22-19-33(25-11-7-6-10-24(22)25)18-21-14-12-20(17-31)13-15-21/h3-16,19,34H,2,18H2,1H3/b26-16-,32-29?. The van der Waals surface area contributed by atoms with Crippen molar-refractivity contribution in [2.45, 2.75) is 13.5 Å². The normalized spacial score (nSPS) is 15.5. The van der Waals surface area contributed by atoms with Gasteiger partial charge in [0.05, 0.1) is 28.8 Å². The van der Waals surface area contributed by atoms with E-state index in [0.29, 0.717) is 27.7 Å². The lowest BCUT2D eigenvalue weighted by Gasteiger charge is -2.05. The number of para-hydroxylation sites is 2. The average molecular weight is 506 g/mol. The summed E-state index contributed by atoms with van der Waals surface area (Å²) < 4.78 is 7.35. The quantitative estimate of drug-likeness (QED) is 0.293. The average Bonchev–Trinajstić information content (AvgIpc) is 3.42. The van der Waals surface area contributed by atoms with Crippen LogP contribution in [0.3, 0.4) is 0 Å². The van der Waals surface area contributed by atoms with E-state index in [0.717, 1.165) is 22.0 Å². The highest BCUT2D eigenvalue weighted by Gasteiger charge is 2.33. The fourth-order valence-electron chi connectivity index (χ4n) is 4.16. The summed E-state index contributed by atoms with van der Waals surface area (Å²) in [6, 6.07) is 27.0. The molecule has 0 saturated carbocycles. The van der Waals surface area contributed by atoms with Gasteiger partial charge < -0.3 is 14.4 Å². The maximum absolute atomic E-state index is 12.7. The number of nitriles is 1. The van der Waals surface area contributed by atoms with Gasteiger partial charge in [-0.1, -0.05) is 60.3 Å². The molecule has 3 aromatic carbocycles. The molecule has 1 aromatic heterocycles. The van der Waals surface area contributed by atoms with Crippen molar-refractivity contribution in [3.63, 3.8) is 0 Å². The maximum Gasteiger partial charge on any atom is 0.344 e. The van der Waals surface area contributed by atoms with Gasteiger partial charge >= 0.3 is 5.97 Å². The zero-order valence-corrected chi connectivity index (χ0v) is 20.9. The Bertz CT molecular complexity index is 1610. The van der Waals surface area contributed by atoms with Crippen LogP contribution in [-0.4, -0.2) is 27.3 Å². The summed E-state index contributed by atoms with van der Waals surface area (Å²) in [5.41, 5.74) is 4.39. The van der Waals surface area contributed by atoms with Crippen LogP contribution in [0.15, 0.2) is 106 Å². The van der Waals surface area contributed by atoms with Gasteiger partial charge in [0.25, 0.3) is 0 Å². The Morgan fingerprint density at radius 3 is 2.54 bits per heavy atom. The van der Waals surface area contributed by atoms with Gasteiger partial charge in [0.2, 0.25) is 0 Å². The van der Waals surface area contributed by atoms with Gasteiger partial charge in [0.15, 0.2) is 0 Å². The molecule has 4 aromatic rings. The zero-order chi connectivity index (χ0) is 25.8. The summed E-state index contributed by atoms with van der Waals surface area (Å²) in [7, 11) is 0. The minimum atomic E-state index is -0.603. The molecule has 6 nitrogen and oxygen atoms in total. The molecule has 1 N–H and O–H groups in total. The Kier molecular flexibility index (Phi) is 6.93. The topological polar surface area (TPSA) is 87.6 Å². The zero-order valence-electron chi connectivity index (χ0n) is 20.1. The van der Waals surface area contributed by atoms with Gasteiger partial charge in [-0.05, 0) is 48.9 Å². The number of aliphatic imine (C=N–C) groups is 1. The van der Waals surface area contributed by atoms with E-state index < -0.39 is 5.97 Å². The summed E-state index contributed by atoms with van der Waals surface area (Å²) >= 11 is 1.24. The molecular formula is C30H23N3O3S. The molecule has 0 spiro atoms. The summed E-state index contributed by atoms with van der Waals surface area (Å²) in [6.07, 6.45) is 3.91. The number of hydrogen-bond acceptors (Lipinski definition) is 6. The summed E-state index contributed by atoms with van der Waals surface area (Å²) in [4.78, 5) is 17.9. The van der Waals surface area contributed by atoms with Crippen LogP contribution in [0.1, 0.15) is 23.6 Å². The Morgan fingerprint density at radius 1 is 1.08 bits per heavy atom. The Hall–Kier alpha value is -4.54. The largest absolute Gasteiger partial charge is 0.506 e. The van der Waals surface area contributed by atoms with Crippen LogP contribution in [0.25, 0.3) is 17.0 Å². The van der Waals surface area contributed by atoms with Crippen molar-refractivity contribution in [2.24, 2.45) is 4.99 Å². The van der Waals surface area contributed by atoms with E-state index >= 15 is 0 Å². The number of aliphatic hydroxyl groups is 1. The first-order valence-corrected chi connectivity index (χ1v) is 12.6. The predicted molar refractivity (Wildman–Crippen MR) is 148 cm³/mol. The van der Waals surface area contributed by atoms with Gasteiger partial charge in [-0.2, -0.15) is 5.26 Å². The molecule has 0 fully saturated rings. The van der Waals surface area contributed by atoms with E-state index in [1.54, 1.807) is 6.92 Å². The number of thioether (sulfide) groups is 1. The number of esters is 1. The number of aromatic nitrogens is 1. The van der Waals surface area contributed by atoms with E-state index in [2.05, 4.69) is 15.6 Å². The van der Waals surface area contributed by atoms with E-state index in [1.807, 2.05) is 91.1 Å². The summed E-state index contributed by atoms with van der Waals surface area (Å²) in [6.45, 7) is 2.55. The SMILES string of the molecule is CCOC(=O)C1=C(O)/C(=C/c2cn(Cc3ccc(C#N)cc3)c3ccccc23)SC1=Nc1ccccc1. The van der Waals surface area contributed by atoms with Gasteiger partial charge in [-0.15, -0.1) is 0 Å². The molecule has 0 saturated heterocycles. The molecule has 0 aliphatic carbocycles. The van der Waals surface area contributed by atoms with Crippen molar-refractivity contribution in [3.8, 4) is 6.07 Å². The molecule has 0 amide bonds. The van der Waals surface area contributed by atoms with Crippen molar-refractivity contribution >= 4 is 45.4 Å². The number of fused-ring (bicyclic) bond motifs is 1. The first-order chi connectivity index (χ1) is 18.1. The minimum Gasteiger partial charge on any atom is -0.506 e. The molecule has 0 unspecified atom stereocenters. The Balaban J connectivity index is 1.55. The highest BCUT2D eigenvalue weighted by atomic mass is 32.2. The van der Waals surface area contributed by atoms with Crippen LogP contribution in [0.2, 0.25) is 0 Å². The smallest absolute Gasteiger partial charge is 0.344 e. The monoisotopic (exact) mass is 505 g/mol. The van der Waals surface area contributed by atoms with Crippen molar-refractivity contribution in [2.75, 3.05) is 6.61 Å². The third-order valence-electron chi connectivity index (χ3n) is 5.90. The van der Waals surface area contributed by atoms with Gasteiger partial charge in [-0.3, -0.25) is 0 Å². The summed E-state index contributed by atoms with van der Waals surface area (Å²) in [5, 5.41) is 21.6. The van der Waals surface area contributed by atoms with Crippen LogP contribution >= 0.6 is 11.8 Å². The number of rotatable bonds is 6. The molecule has 0 atom stereocenters. The second-order valence-electron chi connectivity index (χ2n) is 8.35. The number of ether oxygens (including phenoxy) is 1. The number of hydrogen-bond donors (Lipinski definition) is 1. The fraction of sp³-hybridized carbons (Fsp3) is 0.100. The molecule has 2 heterocycles. The third-order valence-corrected chi connectivity index (χ3v) is 6.92. The maximum atomic E-state index is 12.7. The number of aliphatic hydroxyl groups excluding tert-OH is 1. The molecular weight excluding hydrogens is 482 g/mol. The van der Waals surface area contributed by atoms with E-state index in [4.69, 9.17) is 10.00 Å². The first kappa shape index (κ1) is 24.2. The third kappa shape index (κ3) is 5.06. The van der Waals surface area contributed by atoms with Gasteiger partial charge in [-0.25, -0.2) is 9.79 Å². The highest BCUT2D eigenvalue weighted by molar-refractivity contribution is 8.18. The predicted octanol–water partition coefficient (Wildman–Crippen LogP) is 6.75. The molecule has 182 valence electrons. The molecule has 1 aliphatic rings. The van der Waals surface area contributed by atoms with Gasteiger partial charge in [0.1, 0.15) is 16.4 Å². The highest BCUT2D eigenvalue weighted by Crippen LogP contribution is 2.41. The van der Waals surface area contributed by atoms with Crippen molar-refractivity contribution in [1.29, 1.82) is 5.26 Å². The number of nitrogens with zero attached hydrogens (tertiary/aromatic N) is 3. The van der Waals surface area contributed by atoms with Crippen molar-refractivity contribution in [3.05, 3.63) is 118 Å². The molecule has 37 heavy (non-hydrogen) atoms.